The fourth-order valence-corrected chi connectivity index (χ4v) is 1.44. The van der Waals surface area contributed by atoms with Crippen LogP contribution in [0.3, 0.4) is 0 Å². The molecule has 0 saturated carbocycles. The van der Waals surface area contributed by atoms with Crippen molar-refractivity contribution >= 4 is 11.6 Å². The Morgan fingerprint density at radius 3 is 2.75 bits per heavy atom. The molecule has 0 aliphatic carbocycles. The van der Waals surface area contributed by atoms with E-state index in [-0.39, 0.29) is 0 Å². The monoisotopic (exact) mass is 180 g/mol. The van der Waals surface area contributed by atoms with Gasteiger partial charge in [0.1, 0.15) is 6.07 Å². The number of hydrogen-bond acceptors (Lipinski definition) is 2. The van der Waals surface area contributed by atoms with Gasteiger partial charge in [-0.15, -0.1) is 0 Å². The third kappa shape index (κ3) is 1.58. The van der Waals surface area contributed by atoms with Crippen molar-refractivity contribution in [3.8, 4) is 6.07 Å². The van der Waals surface area contributed by atoms with Crippen LogP contribution in [0.2, 0.25) is 5.02 Å². The zero-order valence-electron chi connectivity index (χ0n) is 6.76. The molecule has 1 rings (SSSR count). The number of aryl methyl sites for hydroxylation is 1. The van der Waals surface area contributed by atoms with Crippen LogP contribution in [-0.2, 0) is 6.54 Å². The van der Waals surface area contributed by atoms with E-state index < -0.39 is 0 Å². The summed E-state index contributed by atoms with van der Waals surface area (Å²) in [6, 6.07) is 5.67. The van der Waals surface area contributed by atoms with Gasteiger partial charge in [-0.3, -0.25) is 0 Å². The fraction of sp³-hybridized carbons (Fsp3) is 0.222. The van der Waals surface area contributed by atoms with Gasteiger partial charge >= 0.3 is 0 Å². The molecule has 2 nitrogen and oxygen atoms in total. The van der Waals surface area contributed by atoms with Crippen LogP contribution < -0.4 is 5.73 Å². The van der Waals surface area contributed by atoms with E-state index in [1.807, 2.05) is 19.1 Å². The lowest BCUT2D eigenvalue weighted by molar-refractivity contribution is 1.06. The van der Waals surface area contributed by atoms with Gasteiger partial charge in [-0.05, 0) is 24.1 Å². The Kier molecular flexibility index (Phi) is 2.69. The average Bonchev–Trinajstić information content (AvgIpc) is 2.03. The number of halogens is 1. The first kappa shape index (κ1) is 9.05. The summed E-state index contributed by atoms with van der Waals surface area (Å²) in [5.74, 6) is 0. The topological polar surface area (TPSA) is 49.8 Å². The van der Waals surface area contributed by atoms with Gasteiger partial charge < -0.3 is 5.73 Å². The summed E-state index contributed by atoms with van der Waals surface area (Å²) in [6.07, 6.45) is 0. The number of nitrogens with two attached hydrogens (primary N) is 1. The molecule has 0 aliphatic rings. The molecule has 0 saturated heterocycles. The lowest BCUT2D eigenvalue weighted by Gasteiger charge is -2.03. The molecule has 1 aromatic carbocycles. The number of benzene rings is 1. The summed E-state index contributed by atoms with van der Waals surface area (Å²) in [4.78, 5) is 0. The van der Waals surface area contributed by atoms with E-state index in [2.05, 4.69) is 0 Å². The van der Waals surface area contributed by atoms with Crippen LogP contribution in [0.15, 0.2) is 12.1 Å². The van der Waals surface area contributed by atoms with E-state index in [9.17, 15) is 0 Å². The molecule has 0 radical (unpaired) electrons. The third-order valence-corrected chi connectivity index (χ3v) is 1.95. The molecule has 0 atom stereocenters. The van der Waals surface area contributed by atoms with E-state index in [1.54, 1.807) is 6.07 Å². The highest BCUT2D eigenvalue weighted by molar-refractivity contribution is 6.31. The molecule has 12 heavy (non-hydrogen) atoms. The molecular weight excluding hydrogens is 172 g/mol. The number of rotatable bonds is 1. The maximum Gasteiger partial charge on any atom is 0.101 e. The van der Waals surface area contributed by atoms with Gasteiger partial charge in [0.2, 0.25) is 0 Å². The van der Waals surface area contributed by atoms with Crippen molar-refractivity contribution < 1.29 is 0 Å². The second kappa shape index (κ2) is 3.57. The fourth-order valence-electron chi connectivity index (χ4n) is 1.10. The Bertz CT molecular complexity index is 339. The van der Waals surface area contributed by atoms with Crippen molar-refractivity contribution in [2.75, 3.05) is 0 Å². The Balaban J connectivity index is 3.36. The van der Waals surface area contributed by atoms with Crippen molar-refractivity contribution in [1.82, 2.24) is 0 Å². The first-order valence-corrected chi connectivity index (χ1v) is 3.96. The molecule has 0 amide bonds. The number of hydrogen-bond donors (Lipinski definition) is 1. The van der Waals surface area contributed by atoms with Crippen LogP contribution in [0.25, 0.3) is 0 Å². The van der Waals surface area contributed by atoms with Crippen LogP contribution in [-0.4, -0.2) is 0 Å². The molecule has 2 N–H and O–H groups in total. The molecule has 0 aromatic heterocycles. The van der Waals surface area contributed by atoms with Crippen LogP contribution in [0, 0.1) is 18.3 Å². The molecule has 1 aromatic rings. The van der Waals surface area contributed by atoms with Crippen molar-refractivity contribution in [2.24, 2.45) is 5.73 Å². The molecule has 62 valence electrons. The van der Waals surface area contributed by atoms with Crippen molar-refractivity contribution in [1.29, 1.82) is 5.26 Å². The molecule has 0 unspecified atom stereocenters. The lowest BCUT2D eigenvalue weighted by atomic mass is 10.1. The minimum Gasteiger partial charge on any atom is -0.326 e. The molecule has 0 spiro atoms. The largest absolute Gasteiger partial charge is 0.326 e. The van der Waals surface area contributed by atoms with Crippen molar-refractivity contribution in [3.63, 3.8) is 0 Å². The van der Waals surface area contributed by atoms with Crippen LogP contribution >= 0.6 is 11.6 Å². The average molecular weight is 181 g/mol. The SMILES string of the molecule is Cc1cc(Cl)c(C#N)c(CN)c1. The maximum atomic E-state index is 8.73. The van der Waals surface area contributed by atoms with Gasteiger partial charge in [-0.2, -0.15) is 5.26 Å². The van der Waals surface area contributed by atoms with Gasteiger partial charge in [0.25, 0.3) is 0 Å². The second-order valence-corrected chi connectivity index (χ2v) is 3.00. The summed E-state index contributed by atoms with van der Waals surface area (Å²) in [6.45, 7) is 2.27. The van der Waals surface area contributed by atoms with E-state index >= 15 is 0 Å². The lowest BCUT2D eigenvalue weighted by Crippen LogP contribution is -2.00. The zero-order valence-corrected chi connectivity index (χ0v) is 7.52. The normalized spacial score (nSPS) is 9.50. The number of nitriles is 1. The van der Waals surface area contributed by atoms with Gasteiger partial charge in [-0.25, -0.2) is 0 Å². The predicted octanol–water partition coefficient (Wildman–Crippen LogP) is 1.98. The van der Waals surface area contributed by atoms with E-state index in [0.29, 0.717) is 17.1 Å². The highest BCUT2D eigenvalue weighted by Crippen LogP contribution is 2.20. The molecule has 0 bridgehead atoms. The van der Waals surface area contributed by atoms with E-state index in [4.69, 9.17) is 22.6 Å². The second-order valence-electron chi connectivity index (χ2n) is 2.60. The van der Waals surface area contributed by atoms with Crippen LogP contribution in [0.5, 0.6) is 0 Å². The van der Waals surface area contributed by atoms with Crippen LogP contribution in [0.4, 0.5) is 0 Å². The first-order chi connectivity index (χ1) is 5.69. The van der Waals surface area contributed by atoms with Crippen LogP contribution in [0.1, 0.15) is 16.7 Å². The molecule has 0 heterocycles. The van der Waals surface area contributed by atoms with Gasteiger partial charge in [-0.1, -0.05) is 17.7 Å². The first-order valence-electron chi connectivity index (χ1n) is 3.58. The van der Waals surface area contributed by atoms with E-state index in [1.165, 1.54) is 0 Å². The Morgan fingerprint density at radius 1 is 1.58 bits per heavy atom. The predicted molar refractivity (Wildman–Crippen MR) is 48.8 cm³/mol. The van der Waals surface area contributed by atoms with Gasteiger partial charge in [0.15, 0.2) is 0 Å². The van der Waals surface area contributed by atoms with Gasteiger partial charge in [0.05, 0.1) is 10.6 Å². The van der Waals surface area contributed by atoms with Crippen molar-refractivity contribution in [3.05, 3.63) is 33.8 Å². The minimum absolute atomic E-state index is 0.351. The molecule has 3 heteroatoms. The number of nitrogens with zero attached hydrogens (tertiary/aromatic N) is 1. The smallest absolute Gasteiger partial charge is 0.101 e. The highest BCUT2D eigenvalue weighted by atomic mass is 35.5. The molecular formula is C9H9ClN2. The Hall–Kier alpha value is -1.04. The van der Waals surface area contributed by atoms with Gasteiger partial charge in [0, 0.05) is 6.54 Å². The third-order valence-electron chi connectivity index (χ3n) is 1.65. The quantitative estimate of drug-likeness (QED) is 0.719. The summed E-state index contributed by atoms with van der Waals surface area (Å²) < 4.78 is 0. The Morgan fingerprint density at radius 2 is 2.25 bits per heavy atom. The minimum atomic E-state index is 0.351. The summed E-state index contributed by atoms with van der Waals surface area (Å²) in [7, 11) is 0. The Labute approximate surface area is 76.6 Å². The summed E-state index contributed by atoms with van der Waals surface area (Å²) in [5, 5.41) is 9.22. The molecule has 0 aliphatic heterocycles. The standard InChI is InChI=1S/C9H9ClN2/c1-6-2-7(4-11)8(5-12)9(10)3-6/h2-3H,4,11H2,1H3. The summed E-state index contributed by atoms with van der Waals surface area (Å²) >= 11 is 5.84. The van der Waals surface area contributed by atoms with Crippen molar-refractivity contribution in [2.45, 2.75) is 13.5 Å². The molecule has 0 fully saturated rings. The zero-order chi connectivity index (χ0) is 9.14. The van der Waals surface area contributed by atoms with E-state index in [0.717, 1.165) is 11.1 Å². The highest BCUT2D eigenvalue weighted by Gasteiger charge is 2.05. The summed E-state index contributed by atoms with van der Waals surface area (Å²) in [5.41, 5.74) is 7.78. The maximum absolute atomic E-state index is 8.73.